The normalized spacial score (nSPS) is 32.8. The topological polar surface area (TPSA) is 177 Å². The second-order valence-electron chi connectivity index (χ2n) is 9.78. The Labute approximate surface area is 204 Å². The summed E-state index contributed by atoms with van der Waals surface area (Å²) < 4.78 is 34.2. The molecule has 4 rings (SSSR count). The molecule has 2 aliphatic heterocycles. The summed E-state index contributed by atoms with van der Waals surface area (Å²) in [4.78, 5) is 52.4. The molecule has 0 radical (unpaired) electrons. The number of nitrogens with two attached hydrogens (primary N) is 1. The van der Waals surface area contributed by atoms with Gasteiger partial charge in [0.25, 0.3) is 11.8 Å². The van der Waals surface area contributed by atoms with Gasteiger partial charge in [-0.2, -0.15) is 13.1 Å². The number of fused-ring (bicyclic) bond motifs is 2. The molecule has 4 atom stereocenters. The minimum atomic E-state index is -4.06. The Kier molecular flexibility index (Phi) is 7.36. The Morgan fingerprint density at radius 1 is 1.11 bits per heavy atom. The average molecular weight is 512 g/mol. The monoisotopic (exact) mass is 511 g/mol. The van der Waals surface area contributed by atoms with Crippen molar-refractivity contribution in [3.05, 3.63) is 12.2 Å². The van der Waals surface area contributed by atoms with Crippen LogP contribution in [0.15, 0.2) is 12.2 Å². The number of rotatable bonds is 5. The van der Waals surface area contributed by atoms with E-state index in [1.807, 2.05) is 12.2 Å². The van der Waals surface area contributed by atoms with E-state index in [4.69, 9.17) is 10.5 Å². The van der Waals surface area contributed by atoms with Gasteiger partial charge in [0.1, 0.15) is 11.6 Å². The van der Waals surface area contributed by atoms with Crippen molar-refractivity contribution < 1.29 is 32.3 Å². The molecule has 0 bridgehead atoms. The van der Waals surface area contributed by atoms with Crippen LogP contribution >= 0.6 is 0 Å². The molecule has 0 spiro atoms. The predicted molar refractivity (Wildman–Crippen MR) is 124 cm³/mol. The fourth-order valence-electron chi connectivity index (χ4n) is 4.84. The number of carbonyl (C=O) groups excluding carboxylic acids is 4. The van der Waals surface area contributed by atoms with Crippen LogP contribution in [0.5, 0.6) is 0 Å². The molecule has 4 amide bonds. The minimum absolute atomic E-state index is 0.177. The quantitative estimate of drug-likeness (QED) is 0.374. The zero-order valence-corrected chi connectivity index (χ0v) is 20.3. The summed E-state index contributed by atoms with van der Waals surface area (Å²) in [6, 6.07) is -1.04. The van der Waals surface area contributed by atoms with Crippen LogP contribution in [0, 0.1) is 5.92 Å². The van der Waals surface area contributed by atoms with Gasteiger partial charge in [-0.15, -0.1) is 0 Å². The Balaban J connectivity index is 1.55. The van der Waals surface area contributed by atoms with E-state index in [1.165, 1.54) is 4.90 Å². The molecule has 0 aromatic carbocycles. The fraction of sp³-hybridized carbons (Fsp3) is 0.727. The zero-order chi connectivity index (χ0) is 25.2. The summed E-state index contributed by atoms with van der Waals surface area (Å²) in [5.41, 5.74) is 3.76. The highest BCUT2D eigenvalue weighted by Crippen LogP contribution is 2.45. The van der Waals surface area contributed by atoms with Crippen LogP contribution < -0.4 is 20.5 Å². The molecule has 0 aromatic rings. The van der Waals surface area contributed by atoms with Crippen LogP contribution in [0.2, 0.25) is 0 Å². The maximum atomic E-state index is 13.3. The zero-order valence-electron chi connectivity index (χ0n) is 19.5. The van der Waals surface area contributed by atoms with Crippen molar-refractivity contribution in [2.24, 2.45) is 11.7 Å². The van der Waals surface area contributed by atoms with Crippen LogP contribution in [-0.4, -0.2) is 67.4 Å². The third kappa shape index (κ3) is 6.13. The van der Waals surface area contributed by atoms with Crippen molar-refractivity contribution in [3.8, 4) is 0 Å². The maximum Gasteiger partial charge on any atom is 0.405 e. The van der Waals surface area contributed by atoms with Gasteiger partial charge in [-0.05, 0) is 57.8 Å². The van der Waals surface area contributed by atoms with Crippen LogP contribution in [-0.2, 0) is 29.3 Å². The largest absolute Gasteiger partial charge is 0.436 e. The highest BCUT2D eigenvalue weighted by Gasteiger charge is 2.61. The number of ether oxygens (including phenoxy) is 1. The first-order chi connectivity index (χ1) is 16.6. The lowest BCUT2D eigenvalue weighted by atomic mass is 10.1. The number of carbonyl (C=O) groups is 4. The van der Waals surface area contributed by atoms with Gasteiger partial charge in [-0.3, -0.25) is 14.4 Å². The lowest BCUT2D eigenvalue weighted by Gasteiger charge is -2.29. The lowest BCUT2D eigenvalue weighted by molar-refractivity contribution is -0.146. The van der Waals surface area contributed by atoms with Gasteiger partial charge in [0.2, 0.25) is 5.91 Å². The maximum absolute atomic E-state index is 13.3. The van der Waals surface area contributed by atoms with Gasteiger partial charge in [0.15, 0.2) is 6.10 Å². The number of hydrogen-bond donors (Lipinski definition) is 4. The van der Waals surface area contributed by atoms with E-state index in [0.29, 0.717) is 51.5 Å². The number of allylic oxidation sites excluding steroid dienone is 1. The average Bonchev–Trinajstić information content (AvgIpc) is 3.66. The summed E-state index contributed by atoms with van der Waals surface area (Å²) in [5, 5.41) is 2.76. The second kappa shape index (κ2) is 10.1. The number of hydrogen-bond acceptors (Lipinski definition) is 7. The fourth-order valence-corrected chi connectivity index (χ4v) is 6.00. The van der Waals surface area contributed by atoms with Gasteiger partial charge < -0.3 is 20.7 Å². The van der Waals surface area contributed by atoms with E-state index >= 15 is 0 Å². The Hall–Kier alpha value is -2.67. The van der Waals surface area contributed by atoms with E-state index in [0.717, 1.165) is 12.8 Å². The summed E-state index contributed by atoms with van der Waals surface area (Å²) >= 11 is 0. The van der Waals surface area contributed by atoms with E-state index in [2.05, 4.69) is 14.8 Å². The minimum Gasteiger partial charge on any atom is -0.436 e. The Morgan fingerprint density at radius 3 is 2.60 bits per heavy atom. The third-order valence-corrected chi connectivity index (χ3v) is 8.07. The molecule has 4 unspecified atom stereocenters. The van der Waals surface area contributed by atoms with Crippen molar-refractivity contribution >= 4 is 34.0 Å². The summed E-state index contributed by atoms with van der Waals surface area (Å²) in [6.07, 6.45) is 7.54. The van der Waals surface area contributed by atoms with E-state index in [1.54, 1.807) is 0 Å². The number of primary amides is 1. The smallest absolute Gasteiger partial charge is 0.405 e. The predicted octanol–water partition coefficient (Wildman–Crippen LogP) is -0.0505. The molecule has 35 heavy (non-hydrogen) atoms. The first-order valence-electron chi connectivity index (χ1n) is 12.2. The molecule has 5 N–H and O–H groups in total. The van der Waals surface area contributed by atoms with Crippen LogP contribution in [0.1, 0.15) is 64.2 Å². The van der Waals surface area contributed by atoms with Gasteiger partial charge in [0, 0.05) is 18.5 Å². The summed E-state index contributed by atoms with van der Waals surface area (Å²) in [6.45, 7) is 0.303. The standard InChI is InChI=1S/C22H33N5O7S/c23-21(31)34-17-9-5-3-1-2-4-7-14-13-22(14,20(30)26-35(32,33)25-15-10-11-15)24-18(28)16-8-6-12-27(16)19(17)29/h4,7,14-17,25H,1-3,5-6,8-13H2,(H2,23,31)(H,24,28)(H,26,30)/b7-4+. The first-order valence-corrected chi connectivity index (χ1v) is 13.7. The van der Waals surface area contributed by atoms with Gasteiger partial charge in [0.05, 0.1) is 0 Å². The molecule has 2 aliphatic carbocycles. The van der Waals surface area contributed by atoms with Crippen molar-refractivity contribution in [3.63, 3.8) is 0 Å². The van der Waals surface area contributed by atoms with E-state index < -0.39 is 51.7 Å². The Bertz CT molecular complexity index is 1010. The van der Waals surface area contributed by atoms with Gasteiger partial charge in [-0.1, -0.05) is 18.6 Å². The highest BCUT2D eigenvalue weighted by molar-refractivity contribution is 7.88. The molecule has 194 valence electrons. The van der Waals surface area contributed by atoms with Crippen molar-refractivity contribution in [2.45, 2.75) is 87.9 Å². The molecule has 2 heterocycles. The molecule has 1 saturated heterocycles. The van der Waals surface area contributed by atoms with Gasteiger partial charge in [-0.25, -0.2) is 9.52 Å². The SMILES string of the molecule is NC(=O)OC1CCCCC/C=C/C2CC2(C(=O)NS(=O)(=O)NC2CC2)NC(=O)C2CCCN2C1=O. The van der Waals surface area contributed by atoms with Crippen LogP contribution in [0.4, 0.5) is 4.79 Å². The Morgan fingerprint density at radius 2 is 1.89 bits per heavy atom. The molecule has 2 saturated carbocycles. The number of amides is 4. The molecule has 3 fully saturated rings. The van der Waals surface area contributed by atoms with Gasteiger partial charge >= 0.3 is 16.3 Å². The van der Waals surface area contributed by atoms with E-state index in [-0.39, 0.29) is 18.4 Å². The lowest BCUT2D eigenvalue weighted by Crippen LogP contribution is -2.58. The number of nitrogens with one attached hydrogen (secondary N) is 3. The second-order valence-corrected chi connectivity index (χ2v) is 11.2. The van der Waals surface area contributed by atoms with Crippen molar-refractivity contribution in [1.29, 1.82) is 0 Å². The molecule has 4 aliphatic rings. The molecule has 12 nitrogen and oxygen atoms in total. The molecular formula is C22H33N5O7S. The third-order valence-electron chi connectivity index (χ3n) is 6.97. The van der Waals surface area contributed by atoms with E-state index in [9.17, 15) is 27.6 Å². The molecule has 13 heteroatoms. The van der Waals surface area contributed by atoms with Crippen molar-refractivity contribution in [1.82, 2.24) is 19.7 Å². The summed E-state index contributed by atoms with van der Waals surface area (Å²) in [5.74, 6) is -2.19. The molecular weight excluding hydrogens is 478 g/mol. The number of nitrogens with zero attached hydrogens (tertiary/aromatic N) is 1. The molecule has 0 aromatic heterocycles. The van der Waals surface area contributed by atoms with Crippen molar-refractivity contribution in [2.75, 3.05) is 6.54 Å². The summed E-state index contributed by atoms with van der Waals surface area (Å²) in [7, 11) is -4.06. The van der Waals surface area contributed by atoms with Crippen LogP contribution in [0.25, 0.3) is 0 Å². The first kappa shape index (κ1) is 25.4. The highest BCUT2D eigenvalue weighted by atomic mass is 32.2. The van der Waals surface area contributed by atoms with Crippen LogP contribution in [0.3, 0.4) is 0 Å².